The van der Waals surface area contributed by atoms with E-state index in [1.54, 1.807) is 13.2 Å². The summed E-state index contributed by atoms with van der Waals surface area (Å²) in [6, 6.07) is 22.0. The van der Waals surface area contributed by atoms with Crippen LogP contribution in [0.25, 0.3) is 0 Å². The quantitative estimate of drug-likeness (QED) is 0.573. The third-order valence-corrected chi connectivity index (χ3v) is 5.90. The summed E-state index contributed by atoms with van der Waals surface area (Å²) in [5, 5.41) is 0. The van der Waals surface area contributed by atoms with Gasteiger partial charge < -0.3 is 17.1 Å². The summed E-state index contributed by atoms with van der Waals surface area (Å²) in [6.07, 6.45) is 0.824. The number of hydrogen-bond donors (Lipinski definition) is 0. The Morgan fingerprint density at radius 2 is 1.65 bits per heavy atom. The van der Waals surface area contributed by atoms with Gasteiger partial charge in [0.2, 0.25) is 11.4 Å². The van der Waals surface area contributed by atoms with Crippen LogP contribution >= 0.6 is 0 Å². The molecule has 0 aromatic heterocycles. The molecule has 162 valence electrons. The molecule has 3 aromatic carbocycles. The number of hydrogen-bond acceptors (Lipinski definition) is 1. The van der Waals surface area contributed by atoms with E-state index >= 15 is 0 Å². The highest BCUT2D eigenvalue weighted by Gasteiger charge is 2.35. The molecule has 1 heterocycles. The van der Waals surface area contributed by atoms with Gasteiger partial charge in [-0.15, -0.1) is 0 Å². The van der Waals surface area contributed by atoms with Gasteiger partial charge in [0.15, 0.2) is 11.9 Å². The SMILES string of the molecule is COc1ccc2c(c1)CC(C)[N+](c1ccccc1F)=C2c1ccc(C(C)(C)C)cc1.[Cl-]. The van der Waals surface area contributed by atoms with E-state index in [2.05, 4.69) is 68.7 Å². The number of fused-ring (bicyclic) bond motifs is 1. The lowest BCUT2D eigenvalue weighted by Gasteiger charge is -2.25. The number of methoxy groups -OCH3 is 1. The van der Waals surface area contributed by atoms with Crippen LogP contribution in [0.4, 0.5) is 10.1 Å². The molecule has 0 amide bonds. The van der Waals surface area contributed by atoms with Gasteiger partial charge in [-0.05, 0) is 59.9 Å². The second kappa shape index (κ2) is 8.84. The smallest absolute Gasteiger partial charge is 0.242 e. The van der Waals surface area contributed by atoms with Crippen LogP contribution in [0, 0.1) is 5.82 Å². The summed E-state index contributed by atoms with van der Waals surface area (Å²) in [5.41, 5.74) is 6.45. The van der Waals surface area contributed by atoms with Crippen molar-refractivity contribution in [3.8, 4) is 5.75 Å². The van der Waals surface area contributed by atoms with Crippen molar-refractivity contribution in [1.29, 1.82) is 0 Å². The van der Waals surface area contributed by atoms with Gasteiger partial charge in [-0.3, -0.25) is 0 Å². The molecule has 1 aliphatic rings. The van der Waals surface area contributed by atoms with Gasteiger partial charge >= 0.3 is 0 Å². The highest BCUT2D eigenvalue weighted by Crippen LogP contribution is 2.32. The average molecular weight is 438 g/mol. The molecule has 0 spiro atoms. The van der Waals surface area contributed by atoms with Crippen molar-refractivity contribution in [3.05, 3.63) is 94.8 Å². The van der Waals surface area contributed by atoms with E-state index in [4.69, 9.17) is 4.74 Å². The van der Waals surface area contributed by atoms with E-state index in [0.29, 0.717) is 5.69 Å². The molecule has 4 heteroatoms. The Morgan fingerprint density at radius 3 is 2.26 bits per heavy atom. The van der Waals surface area contributed by atoms with Crippen LogP contribution in [-0.4, -0.2) is 23.4 Å². The van der Waals surface area contributed by atoms with Crippen LogP contribution < -0.4 is 17.1 Å². The molecule has 0 aliphatic carbocycles. The molecule has 1 aliphatic heterocycles. The van der Waals surface area contributed by atoms with Gasteiger partial charge in [-0.25, -0.2) is 0 Å². The maximum atomic E-state index is 14.9. The Labute approximate surface area is 190 Å². The largest absolute Gasteiger partial charge is 1.00 e. The minimum Gasteiger partial charge on any atom is -1.00 e. The van der Waals surface area contributed by atoms with E-state index in [-0.39, 0.29) is 29.7 Å². The number of ether oxygens (including phenoxy) is 1. The first-order valence-corrected chi connectivity index (χ1v) is 10.5. The van der Waals surface area contributed by atoms with E-state index in [0.717, 1.165) is 29.0 Å². The van der Waals surface area contributed by atoms with Crippen molar-refractivity contribution >= 4 is 11.4 Å². The topological polar surface area (TPSA) is 12.2 Å². The maximum absolute atomic E-state index is 14.9. The van der Waals surface area contributed by atoms with Crippen molar-refractivity contribution in [2.24, 2.45) is 0 Å². The van der Waals surface area contributed by atoms with E-state index in [1.807, 2.05) is 18.2 Å². The number of rotatable bonds is 3. The highest BCUT2D eigenvalue weighted by molar-refractivity contribution is 6.11. The Morgan fingerprint density at radius 1 is 0.968 bits per heavy atom. The molecular weight excluding hydrogens is 409 g/mol. The summed E-state index contributed by atoms with van der Waals surface area (Å²) >= 11 is 0. The fourth-order valence-electron chi connectivity index (χ4n) is 4.28. The molecule has 0 saturated heterocycles. The van der Waals surface area contributed by atoms with Crippen molar-refractivity contribution < 1.29 is 26.1 Å². The lowest BCUT2D eigenvalue weighted by molar-refractivity contribution is -0.483. The fraction of sp³-hybridized carbons (Fsp3) is 0.296. The van der Waals surface area contributed by atoms with Crippen LogP contribution in [0.3, 0.4) is 0 Å². The zero-order valence-corrected chi connectivity index (χ0v) is 19.5. The predicted molar refractivity (Wildman–Crippen MR) is 121 cm³/mol. The fourth-order valence-corrected chi connectivity index (χ4v) is 4.28. The molecule has 0 bridgehead atoms. The van der Waals surface area contributed by atoms with E-state index in [1.165, 1.54) is 17.2 Å². The normalized spacial score (nSPS) is 15.9. The van der Waals surface area contributed by atoms with Gasteiger partial charge in [0.1, 0.15) is 5.75 Å². The average Bonchev–Trinajstić information content (AvgIpc) is 2.72. The zero-order valence-electron chi connectivity index (χ0n) is 18.7. The third-order valence-electron chi connectivity index (χ3n) is 5.90. The Hall–Kier alpha value is -2.65. The van der Waals surface area contributed by atoms with Gasteiger partial charge in [-0.2, -0.15) is 8.97 Å². The molecule has 0 N–H and O–H groups in total. The van der Waals surface area contributed by atoms with Gasteiger partial charge in [0.05, 0.1) is 12.7 Å². The van der Waals surface area contributed by atoms with Crippen molar-refractivity contribution in [2.75, 3.05) is 7.11 Å². The van der Waals surface area contributed by atoms with Gasteiger partial charge in [-0.1, -0.05) is 45.0 Å². The molecule has 31 heavy (non-hydrogen) atoms. The summed E-state index contributed by atoms with van der Waals surface area (Å²) < 4.78 is 22.5. The number of halogens is 2. The first kappa shape index (κ1) is 23.0. The molecule has 0 radical (unpaired) electrons. The summed E-state index contributed by atoms with van der Waals surface area (Å²) in [6.45, 7) is 8.79. The van der Waals surface area contributed by atoms with Gasteiger partial charge in [0.25, 0.3) is 0 Å². The summed E-state index contributed by atoms with van der Waals surface area (Å²) in [4.78, 5) is 0. The lowest BCUT2D eigenvalue weighted by atomic mass is 9.84. The Bertz CT molecular complexity index is 1110. The lowest BCUT2D eigenvalue weighted by Crippen LogP contribution is -3.00. The second-order valence-electron chi connectivity index (χ2n) is 9.07. The minimum absolute atomic E-state index is 0. The second-order valence-corrected chi connectivity index (χ2v) is 9.07. The first-order chi connectivity index (χ1) is 14.3. The minimum atomic E-state index is -0.204. The monoisotopic (exact) mass is 437 g/mol. The van der Waals surface area contributed by atoms with Crippen molar-refractivity contribution in [1.82, 2.24) is 0 Å². The summed E-state index contributed by atoms with van der Waals surface area (Å²) in [5.74, 6) is 0.646. The van der Waals surface area contributed by atoms with Crippen LogP contribution in [0.15, 0.2) is 66.7 Å². The van der Waals surface area contributed by atoms with Crippen LogP contribution in [0.5, 0.6) is 5.75 Å². The molecule has 0 fully saturated rings. The van der Waals surface area contributed by atoms with Crippen LogP contribution in [-0.2, 0) is 11.8 Å². The van der Waals surface area contributed by atoms with E-state index in [9.17, 15) is 4.39 Å². The maximum Gasteiger partial charge on any atom is 0.242 e. The third kappa shape index (κ3) is 4.38. The first-order valence-electron chi connectivity index (χ1n) is 10.5. The molecule has 4 rings (SSSR count). The molecular formula is C27H29ClFNO. The van der Waals surface area contributed by atoms with Crippen molar-refractivity contribution in [2.45, 2.75) is 45.6 Å². The number of benzene rings is 3. The Kier molecular flexibility index (Phi) is 6.56. The van der Waals surface area contributed by atoms with Crippen LogP contribution in [0.1, 0.15) is 49.9 Å². The molecule has 1 atom stereocenters. The summed E-state index contributed by atoms with van der Waals surface area (Å²) in [7, 11) is 1.69. The highest BCUT2D eigenvalue weighted by atomic mass is 35.5. The molecule has 2 nitrogen and oxygen atoms in total. The molecule has 0 saturated carbocycles. The van der Waals surface area contributed by atoms with Gasteiger partial charge in [0, 0.05) is 18.1 Å². The zero-order chi connectivity index (χ0) is 21.5. The van der Waals surface area contributed by atoms with Crippen molar-refractivity contribution in [3.63, 3.8) is 0 Å². The molecule has 3 aromatic rings. The van der Waals surface area contributed by atoms with E-state index < -0.39 is 0 Å². The number of nitrogens with zero attached hydrogens (tertiary/aromatic N) is 1. The number of para-hydroxylation sites is 1. The van der Waals surface area contributed by atoms with Crippen LogP contribution in [0.2, 0.25) is 0 Å². The predicted octanol–water partition coefficient (Wildman–Crippen LogP) is 3.26. The Balaban J connectivity index is 0.00000272. The standard InChI is InChI=1S/C27H29FNO.ClH/c1-18-16-20-17-22(30-5)14-15-23(20)26(29(18)25-9-7-6-8-24(25)28)19-10-12-21(13-11-19)27(2,3)4;/h6-15,17-18H,16H2,1-5H3;1H/q+1;/p-1. The molecule has 1 unspecified atom stereocenters.